The van der Waals surface area contributed by atoms with Crippen molar-refractivity contribution in [3.05, 3.63) is 53.6 Å². The van der Waals surface area contributed by atoms with Crippen LogP contribution < -0.4 is 14.2 Å². The van der Waals surface area contributed by atoms with Gasteiger partial charge in [-0.3, -0.25) is 9.69 Å². The molecule has 2 bridgehead atoms. The van der Waals surface area contributed by atoms with Crippen LogP contribution in [0.5, 0.6) is 17.2 Å². The normalized spacial score (nSPS) is 23.6. The highest BCUT2D eigenvalue weighted by Gasteiger charge is 2.43. The first-order chi connectivity index (χ1) is 14.1. The number of nitrogens with zero attached hydrogens (tertiary/aromatic N) is 1. The Labute approximate surface area is 172 Å². The summed E-state index contributed by atoms with van der Waals surface area (Å²) in [5.74, 6) is 1.80. The molecule has 154 valence electrons. The lowest BCUT2D eigenvalue weighted by atomic mass is 9.84. The van der Waals surface area contributed by atoms with Crippen molar-refractivity contribution in [1.82, 2.24) is 4.90 Å². The molecule has 2 aromatic rings. The monoisotopic (exact) mass is 395 g/mol. The Morgan fingerprint density at radius 2 is 1.52 bits per heavy atom. The second-order valence-corrected chi connectivity index (χ2v) is 7.99. The van der Waals surface area contributed by atoms with Crippen LogP contribution in [0.4, 0.5) is 0 Å². The molecule has 5 nitrogen and oxygen atoms in total. The SMILES string of the molecule is COc1cc(C(=O)C2CC3CCC(C2)N3Cc2ccccc2)cc(OC)c1OC. The Hall–Kier alpha value is -2.53. The van der Waals surface area contributed by atoms with Crippen LogP contribution in [0, 0.1) is 5.92 Å². The average Bonchev–Trinajstić information content (AvgIpc) is 2.99. The van der Waals surface area contributed by atoms with Gasteiger partial charge in [0.2, 0.25) is 5.75 Å². The fraction of sp³-hybridized carbons (Fsp3) is 0.458. The van der Waals surface area contributed by atoms with Crippen molar-refractivity contribution in [2.24, 2.45) is 5.92 Å². The number of carbonyl (C=O) groups excluding carboxylic acids is 1. The minimum Gasteiger partial charge on any atom is -0.493 e. The molecule has 2 aliphatic heterocycles. The van der Waals surface area contributed by atoms with Gasteiger partial charge in [-0.1, -0.05) is 30.3 Å². The van der Waals surface area contributed by atoms with E-state index in [0.29, 0.717) is 34.9 Å². The highest BCUT2D eigenvalue weighted by atomic mass is 16.5. The second kappa shape index (κ2) is 8.46. The van der Waals surface area contributed by atoms with Gasteiger partial charge < -0.3 is 14.2 Å². The van der Waals surface area contributed by atoms with Crippen LogP contribution in [0.1, 0.15) is 41.6 Å². The zero-order chi connectivity index (χ0) is 20.4. The molecule has 2 saturated heterocycles. The number of hydrogen-bond acceptors (Lipinski definition) is 5. The van der Waals surface area contributed by atoms with E-state index >= 15 is 0 Å². The Kier molecular flexibility index (Phi) is 5.76. The van der Waals surface area contributed by atoms with Gasteiger partial charge in [0.1, 0.15) is 0 Å². The first-order valence-corrected chi connectivity index (χ1v) is 10.3. The van der Waals surface area contributed by atoms with Crippen LogP contribution >= 0.6 is 0 Å². The van der Waals surface area contributed by atoms with Gasteiger partial charge in [-0.15, -0.1) is 0 Å². The zero-order valence-electron chi connectivity index (χ0n) is 17.4. The molecule has 0 aromatic heterocycles. The number of ether oxygens (including phenoxy) is 3. The molecule has 2 aliphatic rings. The summed E-state index contributed by atoms with van der Waals surface area (Å²) in [5, 5.41) is 0. The topological polar surface area (TPSA) is 48.0 Å². The van der Waals surface area contributed by atoms with E-state index < -0.39 is 0 Å². The summed E-state index contributed by atoms with van der Waals surface area (Å²) in [6, 6.07) is 15.1. The number of methoxy groups -OCH3 is 3. The number of fused-ring (bicyclic) bond motifs is 2. The van der Waals surface area contributed by atoms with Crippen LogP contribution in [-0.2, 0) is 6.54 Å². The van der Waals surface area contributed by atoms with E-state index in [9.17, 15) is 4.79 Å². The molecule has 2 atom stereocenters. The van der Waals surface area contributed by atoms with E-state index in [1.54, 1.807) is 33.5 Å². The number of carbonyl (C=O) groups is 1. The van der Waals surface area contributed by atoms with Gasteiger partial charge in [0.15, 0.2) is 17.3 Å². The van der Waals surface area contributed by atoms with Crippen LogP contribution in [-0.4, -0.2) is 44.1 Å². The molecule has 2 unspecified atom stereocenters. The van der Waals surface area contributed by atoms with Gasteiger partial charge in [0, 0.05) is 30.1 Å². The highest BCUT2D eigenvalue weighted by Crippen LogP contribution is 2.43. The molecule has 0 saturated carbocycles. The Morgan fingerprint density at radius 3 is 2.03 bits per heavy atom. The third-order valence-electron chi connectivity index (χ3n) is 6.41. The number of Topliss-reactive ketones (excluding diaryl/α,β-unsaturated/α-hetero) is 1. The molecule has 0 spiro atoms. The van der Waals surface area contributed by atoms with Gasteiger partial charge in [0.05, 0.1) is 21.3 Å². The predicted octanol–water partition coefficient (Wildman–Crippen LogP) is 4.34. The number of ketones is 1. The smallest absolute Gasteiger partial charge is 0.203 e. The number of rotatable bonds is 7. The molecule has 2 heterocycles. The molecule has 0 N–H and O–H groups in total. The third-order valence-corrected chi connectivity index (χ3v) is 6.41. The standard InChI is InChI=1S/C24H29NO4/c1-27-21-13-18(14-22(28-2)24(21)29-3)23(26)17-11-19-9-10-20(12-17)25(19)15-16-7-5-4-6-8-16/h4-8,13-14,17,19-20H,9-12,15H2,1-3H3. The molecule has 0 radical (unpaired) electrons. The van der Waals surface area contributed by atoms with Crippen LogP contribution in [0.15, 0.2) is 42.5 Å². The predicted molar refractivity (Wildman–Crippen MR) is 112 cm³/mol. The van der Waals surface area contributed by atoms with Crippen molar-refractivity contribution in [3.63, 3.8) is 0 Å². The van der Waals surface area contributed by atoms with Crippen LogP contribution in [0.25, 0.3) is 0 Å². The third kappa shape index (κ3) is 3.84. The lowest BCUT2D eigenvalue weighted by Gasteiger charge is -2.38. The fourth-order valence-electron chi connectivity index (χ4n) is 5.00. The molecule has 2 fully saturated rings. The Bertz CT molecular complexity index is 827. The van der Waals surface area contributed by atoms with Crippen LogP contribution in [0.2, 0.25) is 0 Å². The van der Waals surface area contributed by atoms with Crippen molar-refractivity contribution in [3.8, 4) is 17.2 Å². The lowest BCUT2D eigenvalue weighted by molar-refractivity contribution is 0.0677. The van der Waals surface area contributed by atoms with Crippen molar-refractivity contribution >= 4 is 5.78 Å². The number of piperidine rings is 1. The lowest BCUT2D eigenvalue weighted by Crippen LogP contribution is -2.44. The maximum atomic E-state index is 13.3. The summed E-state index contributed by atoms with van der Waals surface area (Å²) < 4.78 is 16.2. The van der Waals surface area contributed by atoms with Crippen molar-refractivity contribution < 1.29 is 19.0 Å². The van der Waals surface area contributed by atoms with Gasteiger partial charge in [0.25, 0.3) is 0 Å². The van der Waals surface area contributed by atoms with E-state index in [4.69, 9.17) is 14.2 Å². The molecular formula is C24H29NO4. The van der Waals surface area contributed by atoms with E-state index in [2.05, 4.69) is 35.2 Å². The van der Waals surface area contributed by atoms with Crippen molar-refractivity contribution in [1.29, 1.82) is 0 Å². The maximum Gasteiger partial charge on any atom is 0.203 e. The summed E-state index contributed by atoms with van der Waals surface area (Å²) in [6.07, 6.45) is 4.19. The van der Waals surface area contributed by atoms with E-state index in [0.717, 1.165) is 19.4 Å². The Balaban J connectivity index is 1.52. The van der Waals surface area contributed by atoms with Gasteiger partial charge >= 0.3 is 0 Å². The molecule has 4 rings (SSSR count). The van der Waals surface area contributed by atoms with Gasteiger partial charge in [-0.05, 0) is 43.4 Å². The van der Waals surface area contributed by atoms with E-state index in [-0.39, 0.29) is 11.7 Å². The summed E-state index contributed by atoms with van der Waals surface area (Å²) in [4.78, 5) is 16.0. The largest absolute Gasteiger partial charge is 0.493 e. The first-order valence-electron chi connectivity index (χ1n) is 10.3. The summed E-state index contributed by atoms with van der Waals surface area (Å²) in [7, 11) is 4.73. The minimum absolute atomic E-state index is 0.0438. The van der Waals surface area contributed by atoms with Crippen molar-refractivity contribution in [2.45, 2.75) is 44.3 Å². The quantitative estimate of drug-likeness (QED) is 0.653. The highest BCUT2D eigenvalue weighted by molar-refractivity contribution is 5.99. The van der Waals surface area contributed by atoms with Crippen molar-refractivity contribution in [2.75, 3.05) is 21.3 Å². The molecule has 5 heteroatoms. The molecule has 2 aromatic carbocycles. The molecule has 0 aliphatic carbocycles. The van der Waals surface area contributed by atoms with E-state index in [1.165, 1.54) is 18.4 Å². The van der Waals surface area contributed by atoms with Crippen LogP contribution in [0.3, 0.4) is 0 Å². The van der Waals surface area contributed by atoms with Gasteiger partial charge in [-0.2, -0.15) is 0 Å². The summed E-state index contributed by atoms with van der Waals surface area (Å²) in [5.41, 5.74) is 1.99. The fourth-order valence-corrected chi connectivity index (χ4v) is 5.00. The maximum absolute atomic E-state index is 13.3. The number of hydrogen-bond donors (Lipinski definition) is 0. The average molecular weight is 395 g/mol. The summed E-state index contributed by atoms with van der Waals surface area (Å²) >= 11 is 0. The minimum atomic E-state index is 0.0438. The molecule has 29 heavy (non-hydrogen) atoms. The second-order valence-electron chi connectivity index (χ2n) is 7.99. The van der Waals surface area contributed by atoms with E-state index in [1.807, 2.05) is 0 Å². The molecular weight excluding hydrogens is 366 g/mol. The molecule has 0 amide bonds. The summed E-state index contributed by atoms with van der Waals surface area (Å²) in [6.45, 7) is 0.973. The number of benzene rings is 2. The zero-order valence-corrected chi connectivity index (χ0v) is 17.4. The van der Waals surface area contributed by atoms with Gasteiger partial charge in [-0.25, -0.2) is 0 Å². The Morgan fingerprint density at radius 1 is 0.931 bits per heavy atom. The first kappa shape index (κ1) is 19.8.